The van der Waals surface area contributed by atoms with Crippen LogP contribution < -0.4 is 5.32 Å². The number of hydrogen-bond donors (Lipinski definition) is 1. The Kier molecular flexibility index (Phi) is 5.71. The quantitative estimate of drug-likeness (QED) is 0.825. The first-order chi connectivity index (χ1) is 10.0. The molecule has 2 nitrogen and oxygen atoms in total. The van der Waals surface area contributed by atoms with Crippen LogP contribution in [0.3, 0.4) is 0 Å². The van der Waals surface area contributed by atoms with Crippen molar-refractivity contribution in [1.29, 1.82) is 0 Å². The van der Waals surface area contributed by atoms with Crippen molar-refractivity contribution in [2.45, 2.75) is 30.5 Å². The van der Waals surface area contributed by atoms with Gasteiger partial charge >= 0.3 is 0 Å². The maximum Gasteiger partial charge on any atom is 0.233 e. The van der Waals surface area contributed by atoms with Crippen LogP contribution in [0.2, 0.25) is 5.02 Å². The van der Waals surface area contributed by atoms with Crippen LogP contribution in [0.15, 0.2) is 53.4 Å². The lowest BCUT2D eigenvalue weighted by atomic mass is 10.2. The molecule has 2 rings (SSSR count). The van der Waals surface area contributed by atoms with E-state index < -0.39 is 0 Å². The molecular weight excluding hydrogens is 302 g/mol. The maximum absolute atomic E-state index is 12.1. The molecule has 1 amide bonds. The molecule has 0 aliphatic heterocycles. The summed E-state index contributed by atoms with van der Waals surface area (Å²) in [7, 11) is 0. The zero-order chi connectivity index (χ0) is 15.2. The molecule has 1 N–H and O–H groups in total. The van der Waals surface area contributed by atoms with E-state index in [1.807, 2.05) is 43.3 Å². The standard InChI is InChI=1S/C17H18ClNOS/c1-12-6-8-16(9-7-12)21-13(2)17(20)19-11-14-4-3-5-15(18)10-14/h3-10,13H,11H2,1-2H3,(H,19,20)/t13-/m1/s1. The number of aryl methyl sites for hydroxylation is 1. The van der Waals surface area contributed by atoms with Gasteiger partial charge in [0.1, 0.15) is 0 Å². The lowest BCUT2D eigenvalue weighted by Gasteiger charge is -2.12. The highest BCUT2D eigenvalue weighted by molar-refractivity contribution is 8.00. The third-order valence-electron chi connectivity index (χ3n) is 3.06. The summed E-state index contributed by atoms with van der Waals surface area (Å²) in [6, 6.07) is 15.7. The minimum atomic E-state index is -0.133. The van der Waals surface area contributed by atoms with Crippen molar-refractivity contribution in [2.75, 3.05) is 0 Å². The predicted molar refractivity (Wildman–Crippen MR) is 89.8 cm³/mol. The Morgan fingerprint density at radius 1 is 1.24 bits per heavy atom. The van der Waals surface area contributed by atoms with Crippen molar-refractivity contribution in [3.63, 3.8) is 0 Å². The summed E-state index contributed by atoms with van der Waals surface area (Å²) in [5.74, 6) is 0.0283. The van der Waals surface area contributed by atoms with Crippen LogP contribution in [0, 0.1) is 6.92 Å². The van der Waals surface area contributed by atoms with Gasteiger partial charge in [0.05, 0.1) is 5.25 Å². The van der Waals surface area contributed by atoms with Gasteiger partial charge in [0.15, 0.2) is 0 Å². The summed E-state index contributed by atoms with van der Waals surface area (Å²) in [4.78, 5) is 13.2. The number of nitrogens with one attached hydrogen (secondary N) is 1. The van der Waals surface area contributed by atoms with E-state index in [9.17, 15) is 4.79 Å². The first-order valence-corrected chi connectivity index (χ1v) is 8.06. The summed E-state index contributed by atoms with van der Waals surface area (Å²) >= 11 is 7.49. The van der Waals surface area contributed by atoms with E-state index in [-0.39, 0.29) is 11.2 Å². The van der Waals surface area contributed by atoms with E-state index in [2.05, 4.69) is 24.4 Å². The zero-order valence-corrected chi connectivity index (χ0v) is 13.7. The van der Waals surface area contributed by atoms with Gasteiger partial charge in [-0.3, -0.25) is 4.79 Å². The summed E-state index contributed by atoms with van der Waals surface area (Å²) in [5.41, 5.74) is 2.22. The molecule has 4 heteroatoms. The summed E-state index contributed by atoms with van der Waals surface area (Å²) < 4.78 is 0. The summed E-state index contributed by atoms with van der Waals surface area (Å²) in [6.45, 7) is 4.46. The van der Waals surface area contributed by atoms with Crippen molar-refractivity contribution < 1.29 is 4.79 Å². The van der Waals surface area contributed by atoms with Crippen LogP contribution >= 0.6 is 23.4 Å². The van der Waals surface area contributed by atoms with Crippen molar-refractivity contribution in [1.82, 2.24) is 5.32 Å². The molecule has 0 saturated carbocycles. The molecule has 0 saturated heterocycles. The lowest BCUT2D eigenvalue weighted by Crippen LogP contribution is -2.30. The Labute approximate surface area is 134 Å². The van der Waals surface area contributed by atoms with Crippen molar-refractivity contribution in [3.8, 4) is 0 Å². The van der Waals surface area contributed by atoms with Crippen molar-refractivity contribution in [3.05, 3.63) is 64.7 Å². The number of amides is 1. The molecule has 0 radical (unpaired) electrons. The monoisotopic (exact) mass is 319 g/mol. The van der Waals surface area contributed by atoms with E-state index in [1.165, 1.54) is 5.56 Å². The second kappa shape index (κ2) is 7.53. The number of carbonyl (C=O) groups excluding carboxylic acids is 1. The van der Waals surface area contributed by atoms with Gasteiger partial charge in [-0.2, -0.15) is 0 Å². The van der Waals surface area contributed by atoms with Gasteiger partial charge < -0.3 is 5.32 Å². The van der Waals surface area contributed by atoms with Crippen LogP contribution in [-0.4, -0.2) is 11.2 Å². The smallest absolute Gasteiger partial charge is 0.233 e. The van der Waals surface area contributed by atoms with E-state index in [0.29, 0.717) is 11.6 Å². The minimum Gasteiger partial charge on any atom is -0.351 e. The zero-order valence-electron chi connectivity index (χ0n) is 12.1. The van der Waals surface area contributed by atoms with Crippen LogP contribution in [0.1, 0.15) is 18.1 Å². The first-order valence-electron chi connectivity index (χ1n) is 6.80. The molecule has 0 fully saturated rings. The molecule has 0 aliphatic carbocycles. The van der Waals surface area contributed by atoms with E-state index in [0.717, 1.165) is 10.5 Å². The molecule has 0 aromatic heterocycles. The second-order valence-electron chi connectivity index (χ2n) is 4.92. The molecule has 2 aromatic rings. The fourth-order valence-electron chi connectivity index (χ4n) is 1.85. The SMILES string of the molecule is Cc1ccc(S[C@H](C)C(=O)NCc2cccc(Cl)c2)cc1. The predicted octanol–water partition coefficient (Wildman–Crippen LogP) is 4.45. The molecular formula is C17H18ClNOS. The van der Waals surface area contributed by atoms with Gasteiger partial charge in [0.2, 0.25) is 5.91 Å². The maximum atomic E-state index is 12.1. The summed E-state index contributed by atoms with van der Waals surface area (Å²) in [6.07, 6.45) is 0. The molecule has 0 aliphatic rings. The lowest BCUT2D eigenvalue weighted by molar-refractivity contribution is -0.120. The first kappa shape index (κ1) is 15.9. The number of carbonyl (C=O) groups is 1. The molecule has 0 unspecified atom stereocenters. The topological polar surface area (TPSA) is 29.1 Å². The highest BCUT2D eigenvalue weighted by atomic mass is 35.5. The number of rotatable bonds is 5. The van der Waals surface area contributed by atoms with Gasteiger partial charge in [-0.25, -0.2) is 0 Å². The summed E-state index contributed by atoms with van der Waals surface area (Å²) in [5, 5.41) is 3.49. The van der Waals surface area contributed by atoms with Gasteiger partial charge in [-0.1, -0.05) is 41.4 Å². The van der Waals surface area contributed by atoms with Gasteiger partial charge in [-0.05, 0) is 43.7 Å². The molecule has 1 atom stereocenters. The van der Waals surface area contributed by atoms with Crippen molar-refractivity contribution in [2.24, 2.45) is 0 Å². The molecule has 0 bridgehead atoms. The third-order valence-corrected chi connectivity index (χ3v) is 4.41. The number of thioether (sulfide) groups is 1. The van der Waals surface area contributed by atoms with Crippen LogP contribution in [-0.2, 0) is 11.3 Å². The normalized spacial score (nSPS) is 12.0. The minimum absolute atomic E-state index is 0.0283. The van der Waals surface area contributed by atoms with Gasteiger partial charge in [-0.15, -0.1) is 11.8 Å². The van der Waals surface area contributed by atoms with E-state index >= 15 is 0 Å². The van der Waals surface area contributed by atoms with Gasteiger partial charge in [0.25, 0.3) is 0 Å². The largest absolute Gasteiger partial charge is 0.351 e. The average Bonchev–Trinajstić information content (AvgIpc) is 2.47. The third kappa shape index (κ3) is 5.10. The highest BCUT2D eigenvalue weighted by Crippen LogP contribution is 2.23. The Morgan fingerprint density at radius 3 is 2.62 bits per heavy atom. The Bertz CT molecular complexity index is 612. The molecule has 110 valence electrons. The Morgan fingerprint density at radius 2 is 1.95 bits per heavy atom. The van der Waals surface area contributed by atoms with Gasteiger partial charge in [0, 0.05) is 16.5 Å². The van der Waals surface area contributed by atoms with Crippen LogP contribution in [0.5, 0.6) is 0 Å². The fourth-order valence-corrected chi connectivity index (χ4v) is 2.96. The van der Waals surface area contributed by atoms with Crippen molar-refractivity contribution >= 4 is 29.3 Å². The average molecular weight is 320 g/mol. The molecule has 2 aromatic carbocycles. The molecule has 0 spiro atoms. The highest BCUT2D eigenvalue weighted by Gasteiger charge is 2.13. The van der Waals surface area contributed by atoms with Crippen LogP contribution in [0.25, 0.3) is 0 Å². The fraction of sp³-hybridized carbons (Fsp3) is 0.235. The van der Waals surface area contributed by atoms with Crippen LogP contribution in [0.4, 0.5) is 0 Å². The molecule has 0 heterocycles. The number of benzene rings is 2. The Balaban J connectivity index is 1.86. The second-order valence-corrected chi connectivity index (χ2v) is 6.77. The number of hydrogen-bond acceptors (Lipinski definition) is 2. The van der Waals surface area contributed by atoms with E-state index in [4.69, 9.17) is 11.6 Å². The Hall–Kier alpha value is -1.45. The van der Waals surface area contributed by atoms with E-state index in [1.54, 1.807) is 11.8 Å². The number of halogens is 1. The molecule has 21 heavy (non-hydrogen) atoms.